The van der Waals surface area contributed by atoms with Gasteiger partial charge in [-0.1, -0.05) is 28.1 Å². The standard InChI is InChI=1S/C16H17BrN2O2/c17-12-4-1-3-11(9-12)14-5-2-8-19(14)16(20)15-7-6-13(10-18)21-15/h1,3-4,6-7,9,14H,2,5,8,10,18H2. The van der Waals surface area contributed by atoms with E-state index in [4.69, 9.17) is 10.2 Å². The highest BCUT2D eigenvalue weighted by molar-refractivity contribution is 9.10. The summed E-state index contributed by atoms with van der Waals surface area (Å²) in [6.07, 6.45) is 1.99. The number of nitrogens with zero attached hydrogens (tertiary/aromatic N) is 1. The molecule has 1 unspecified atom stereocenters. The van der Waals surface area contributed by atoms with Gasteiger partial charge in [0, 0.05) is 11.0 Å². The van der Waals surface area contributed by atoms with Crippen LogP contribution in [0.4, 0.5) is 0 Å². The first-order chi connectivity index (χ1) is 10.2. The maximum atomic E-state index is 12.6. The lowest BCUT2D eigenvalue weighted by molar-refractivity contribution is 0.0701. The Bertz CT molecular complexity index is 653. The molecule has 2 heterocycles. The van der Waals surface area contributed by atoms with Crippen molar-refractivity contribution >= 4 is 21.8 Å². The minimum atomic E-state index is -0.0582. The highest BCUT2D eigenvalue weighted by Crippen LogP contribution is 2.34. The molecule has 0 bridgehead atoms. The Labute approximate surface area is 132 Å². The van der Waals surface area contributed by atoms with Crippen molar-refractivity contribution in [1.82, 2.24) is 4.90 Å². The zero-order chi connectivity index (χ0) is 14.8. The van der Waals surface area contributed by atoms with Crippen LogP contribution < -0.4 is 5.73 Å². The summed E-state index contributed by atoms with van der Waals surface area (Å²) in [4.78, 5) is 14.5. The summed E-state index contributed by atoms with van der Waals surface area (Å²) in [6, 6.07) is 11.7. The number of furan rings is 1. The fourth-order valence-corrected chi connectivity index (χ4v) is 3.23. The van der Waals surface area contributed by atoms with Crippen molar-refractivity contribution in [3.05, 3.63) is 58.0 Å². The molecule has 1 aromatic heterocycles. The lowest BCUT2D eigenvalue weighted by Gasteiger charge is -2.24. The zero-order valence-electron chi connectivity index (χ0n) is 11.6. The minimum Gasteiger partial charge on any atom is -0.455 e. The molecule has 1 atom stereocenters. The molecule has 5 heteroatoms. The van der Waals surface area contributed by atoms with Crippen LogP contribution in [0, 0.1) is 0 Å². The van der Waals surface area contributed by atoms with E-state index in [1.165, 1.54) is 0 Å². The summed E-state index contributed by atoms with van der Waals surface area (Å²) >= 11 is 3.49. The number of carbonyl (C=O) groups excluding carboxylic acids is 1. The van der Waals surface area contributed by atoms with E-state index in [9.17, 15) is 4.79 Å². The van der Waals surface area contributed by atoms with Gasteiger partial charge >= 0.3 is 0 Å². The largest absolute Gasteiger partial charge is 0.455 e. The molecule has 1 aromatic carbocycles. The van der Waals surface area contributed by atoms with E-state index in [0.717, 1.165) is 29.4 Å². The molecular weight excluding hydrogens is 332 g/mol. The summed E-state index contributed by atoms with van der Waals surface area (Å²) in [7, 11) is 0. The van der Waals surface area contributed by atoms with Crippen molar-refractivity contribution < 1.29 is 9.21 Å². The summed E-state index contributed by atoms with van der Waals surface area (Å²) < 4.78 is 6.52. The van der Waals surface area contributed by atoms with E-state index < -0.39 is 0 Å². The van der Waals surface area contributed by atoms with E-state index in [1.54, 1.807) is 12.1 Å². The van der Waals surface area contributed by atoms with E-state index in [-0.39, 0.29) is 11.9 Å². The lowest BCUT2D eigenvalue weighted by atomic mass is 10.0. The van der Waals surface area contributed by atoms with Crippen LogP contribution in [0.15, 0.2) is 45.3 Å². The monoisotopic (exact) mass is 348 g/mol. The molecule has 1 amide bonds. The van der Waals surface area contributed by atoms with Crippen molar-refractivity contribution in [3.63, 3.8) is 0 Å². The summed E-state index contributed by atoms with van der Waals surface area (Å²) in [5.41, 5.74) is 6.68. The molecule has 2 N–H and O–H groups in total. The lowest BCUT2D eigenvalue weighted by Crippen LogP contribution is -2.30. The quantitative estimate of drug-likeness (QED) is 0.923. The maximum Gasteiger partial charge on any atom is 0.290 e. The predicted molar refractivity (Wildman–Crippen MR) is 83.8 cm³/mol. The second kappa shape index (κ2) is 6.03. The van der Waals surface area contributed by atoms with E-state index in [0.29, 0.717) is 18.1 Å². The van der Waals surface area contributed by atoms with Crippen LogP contribution in [0.3, 0.4) is 0 Å². The molecule has 4 nitrogen and oxygen atoms in total. The molecule has 0 radical (unpaired) electrons. The summed E-state index contributed by atoms with van der Waals surface area (Å²) in [5, 5.41) is 0. The second-order valence-corrected chi connectivity index (χ2v) is 6.10. The van der Waals surface area contributed by atoms with Gasteiger partial charge in [-0.25, -0.2) is 0 Å². The number of carbonyl (C=O) groups is 1. The fraction of sp³-hybridized carbons (Fsp3) is 0.312. The molecule has 1 aliphatic rings. The zero-order valence-corrected chi connectivity index (χ0v) is 13.2. The van der Waals surface area contributed by atoms with Crippen LogP contribution >= 0.6 is 15.9 Å². The van der Waals surface area contributed by atoms with Crippen LogP contribution in [0.5, 0.6) is 0 Å². The molecular formula is C16H17BrN2O2. The van der Waals surface area contributed by atoms with Crippen LogP contribution in [-0.4, -0.2) is 17.4 Å². The number of rotatable bonds is 3. The Kier molecular flexibility index (Phi) is 4.12. The van der Waals surface area contributed by atoms with Gasteiger partial charge in [0.1, 0.15) is 5.76 Å². The van der Waals surface area contributed by atoms with Gasteiger partial charge in [-0.15, -0.1) is 0 Å². The van der Waals surface area contributed by atoms with Gasteiger partial charge < -0.3 is 15.1 Å². The van der Waals surface area contributed by atoms with Gasteiger partial charge in [-0.2, -0.15) is 0 Å². The molecule has 2 aromatic rings. The topological polar surface area (TPSA) is 59.5 Å². The van der Waals surface area contributed by atoms with Gasteiger partial charge in [-0.3, -0.25) is 4.79 Å². The second-order valence-electron chi connectivity index (χ2n) is 5.18. The highest BCUT2D eigenvalue weighted by Gasteiger charge is 2.32. The Morgan fingerprint density at radius 2 is 2.24 bits per heavy atom. The van der Waals surface area contributed by atoms with Crippen LogP contribution in [0.2, 0.25) is 0 Å². The number of hydrogen-bond donors (Lipinski definition) is 1. The highest BCUT2D eigenvalue weighted by atomic mass is 79.9. The Morgan fingerprint density at radius 3 is 2.95 bits per heavy atom. The van der Waals surface area contributed by atoms with Crippen LogP contribution in [0.25, 0.3) is 0 Å². The van der Waals surface area contributed by atoms with Crippen molar-refractivity contribution in [2.45, 2.75) is 25.4 Å². The van der Waals surface area contributed by atoms with Gasteiger partial charge in [0.25, 0.3) is 5.91 Å². The first-order valence-electron chi connectivity index (χ1n) is 7.04. The number of hydrogen-bond acceptors (Lipinski definition) is 3. The number of amides is 1. The Hall–Kier alpha value is -1.59. The molecule has 110 valence electrons. The van der Waals surface area contributed by atoms with E-state index in [2.05, 4.69) is 28.1 Å². The molecule has 1 saturated heterocycles. The van der Waals surface area contributed by atoms with Crippen molar-refractivity contribution in [3.8, 4) is 0 Å². The third kappa shape index (κ3) is 2.89. The Balaban J connectivity index is 1.85. The van der Waals surface area contributed by atoms with Crippen LogP contribution in [-0.2, 0) is 6.54 Å². The molecule has 0 aliphatic carbocycles. The molecule has 0 spiro atoms. The fourth-order valence-electron chi connectivity index (χ4n) is 2.81. The smallest absolute Gasteiger partial charge is 0.290 e. The third-order valence-electron chi connectivity index (χ3n) is 3.82. The minimum absolute atomic E-state index is 0.0582. The van der Waals surface area contributed by atoms with Gasteiger partial charge in [-0.05, 0) is 42.7 Å². The summed E-state index contributed by atoms with van der Waals surface area (Å²) in [6.45, 7) is 1.07. The van der Waals surface area contributed by atoms with Gasteiger partial charge in [0.05, 0.1) is 12.6 Å². The average molecular weight is 349 g/mol. The average Bonchev–Trinajstić information content (AvgIpc) is 3.15. The molecule has 3 rings (SSSR count). The predicted octanol–water partition coefficient (Wildman–Crippen LogP) is 3.48. The number of benzene rings is 1. The first-order valence-corrected chi connectivity index (χ1v) is 7.83. The van der Waals surface area contributed by atoms with Crippen molar-refractivity contribution in [2.24, 2.45) is 5.73 Å². The SMILES string of the molecule is NCc1ccc(C(=O)N2CCCC2c2cccc(Br)c2)o1. The Morgan fingerprint density at radius 1 is 1.38 bits per heavy atom. The van der Waals surface area contributed by atoms with Gasteiger partial charge in [0.15, 0.2) is 5.76 Å². The summed E-state index contributed by atoms with van der Waals surface area (Å²) in [5.74, 6) is 0.950. The van der Waals surface area contributed by atoms with Crippen molar-refractivity contribution in [1.29, 1.82) is 0 Å². The molecule has 0 saturated carbocycles. The number of nitrogens with two attached hydrogens (primary N) is 1. The first kappa shape index (κ1) is 14.4. The van der Waals surface area contributed by atoms with Gasteiger partial charge in [0.2, 0.25) is 0 Å². The molecule has 1 aliphatic heterocycles. The number of halogens is 1. The molecule has 1 fully saturated rings. The molecule has 21 heavy (non-hydrogen) atoms. The third-order valence-corrected chi connectivity index (χ3v) is 4.31. The number of likely N-dealkylation sites (tertiary alicyclic amines) is 1. The normalized spacial score (nSPS) is 18.2. The maximum absolute atomic E-state index is 12.6. The van der Waals surface area contributed by atoms with Crippen LogP contribution in [0.1, 0.15) is 40.8 Å². The van der Waals surface area contributed by atoms with E-state index >= 15 is 0 Å². The van der Waals surface area contributed by atoms with Crippen molar-refractivity contribution in [2.75, 3.05) is 6.54 Å². The van der Waals surface area contributed by atoms with E-state index in [1.807, 2.05) is 17.0 Å².